The summed E-state index contributed by atoms with van der Waals surface area (Å²) in [6.07, 6.45) is 0. The van der Waals surface area contributed by atoms with Crippen LogP contribution in [0, 0.1) is 0 Å². The highest BCUT2D eigenvalue weighted by Gasteiger charge is 2.15. The van der Waals surface area contributed by atoms with Crippen molar-refractivity contribution in [3.8, 4) is 22.0 Å². The third kappa shape index (κ3) is 2.97. The summed E-state index contributed by atoms with van der Waals surface area (Å²) < 4.78 is 1.76. The third-order valence-corrected chi connectivity index (χ3v) is 5.49. The first-order valence-electron chi connectivity index (χ1n) is 7.48. The highest BCUT2D eigenvalue weighted by molar-refractivity contribution is 7.19. The second-order valence-electron chi connectivity index (χ2n) is 5.70. The molecule has 2 aromatic carbocycles. The molecule has 2 aromatic heterocycles. The van der Waals surface area contributed by atoms with E-state index in [1.807, 2.05) is 44.4 Å². The van der Waals surface area contributed by atoms with E-state index in [1.165, 1.54) is 11.3 Å². The van der Waals surface area contributed by atoms with Crippen molar-refractivity contribution in [2.45, 2.75) is 0 Å². The molecule has 126 valence electrons. The Morgan fingerprint density at radius 1 is 0.920 bits per heavy atom. The van der Waals surface area contributed by atoms with E-state index in [0.29, 0.717) is 15.9 Å². The monoisotopic (exact) mass is 389 g/mol. The number of hydrogen-bond donors (Lipinski definition) is 0. The van der Waals surface area contributed by atoms with Crippen molar-refractivity contribution in [2.24, 2.45) is 0 Å². The summed E-state index contributed by atoms with van der Waals surface area (Å²) in [6.45, 7) is 0. The summed E-state index contributed by atoms with van der Waals surface area (Å²) in [4.78, 5) is 2.78. The molecule has 0 spiro atoms. The molecule has 0 aliphatic carbocycles. The Balaban J connectivity index is 1.76. The van der Waals surface area contributed by atoms with Gasteiger partial charge in [-0.2, -0.15) is 9.61 Å². The molecule has 0 radical (unpaired) electrons. The van der Waals surface area contributed by atoms with Crippen LogP contribution in [-0.4, -0.2) is 33.9 Å². The average molecular weight is 390 g/mol. The van der Waals surface area contributed by atoms with E-state index in [9.17, 15) is 0 Å². The predicted octanol–water partition coefficient (Wildman–Crippen LogP) is 4.89. The van der Waals surface area contributed by atoms with Crippen molar-refractivity contribution in [1.29, 1.82) is 0 Å². The fourth-order valence-corrected chi connectivity index (χ4v) is 3.59. The molecule has 5 nitrogen and oxygen atoms in total. The standard InChI is InChI=1S/C17H13Cl2N5S/c1-23(2)12-6-3-10(4-7-12)15-20-21-17-24(15)22-16(25-17)11-5-8-13(18)14(19)9-11/h3-9H,1-2H3. The summed E-state index contributed by atoms with van der Waals surface area (Å²) in [6, 6.07) is 13.6. The number of hydrogen-bond acceptors (Lipinski definition) is 5. The van der Waals surface area contributed by atoms with E-state index in [1.54, 1.807) is 16.6 Å². The quantitative estimate of drug-likeness (QED) is 0.500. The van der Waals surface area contributed by atoms with Crippen molar-refractivity contribution < 1.29 is 0 Å². The van der Waals surface area contributed by atoms with E-state index >= 15 is 0 Å². The van der Waals surface area contributed by atoms with E-state index in [2.05, 4.69) is 20.2 Å². The van der Waals surface area contributed by atoms with Gasteiger partial charge in [-0.3, -0.25) is 0 Å². The largest absolute Gasteiger partial charge is 0.378 e. The van der Waals surface area contributed by atoms with Gasteiger partial charge in [-0.15, -0.1) is 10.2 Å². The smallest absolute Gasteiger partial charge is 0.235 e. The molecule has 0 fully saturated rings. The first kappa shape index (κ1) is 16.3. The van der Waals surface area contributed by atoms with Crippen molar-refractivity contribution in [3.05, 3.63) is 52.5 Å². The Hall–Kier alpha value is -2.15. The van der Waals surface area contributed by atoms with Crippen LogP contribution in [0.4, 0.5) is 5.69 Å². The van der Waals surface area contributed by atoms with Crippen LogP contribution in [0.3, 0.4) is 0 Å². The molecule has 4 rings (SSSR count). The van der Waals surface area contributed by atoms with E-state index in [4.69, 9.17) is 23.2 Å². The Morgan fingerprint density at radius 3 is 2.32 bits per heavy atom. The molecule has 2 heterocycles. The normalized spacial score (nSPS) is 11.2. The maximum Gasteiger partial charge on any atom is 0.235 e. The summed E-state index contributed by atoms with van der Waals surface area (Å²) in [7, 11) is 4.02. The van der Waals surface area contributed by atoms with Gasteiger partial charge in [0.1, 0.15) is 5.01 Å². The number of nitrogens with zero attached hydrogens (tertiary/aromatic N) is 5. The maximum atomic E-state index is 6.11. The number of benzene rings is 2. The highest BCUT2D eigenvalue weighted by atomic mass is 35.5. The molecule has 0 amide bonds. The van der Waals surface area contributed by atoms with E-state index < -0.39 is 0 Å². The fourth-order valence-electron chi connectivity index (χ4n) is 2.45. The van der Waals surface area contributed by atoms with E-state index in [-0.39, 0.29) is 0 Å². The van der Waals surface area contributed by atoms with Gasteiger partial charge in [0, 0.05) is 30.9 Å². The third-order valence-electron chi connectivity index (χ3n) is 3.80. The molecule has 0 bridgehead atoms. The van der Waals surface area contributed by atoms with Gasteiger partial charge < -0.3 is 4.90 Å². The molecule has 4 aromatic rings. The molecule has 0 unspecified atom stereocenters. The van der Waals surface area contributed by atoms with Crippen molar-refractivity contribution in [3.63, 3.8) is 0 Å². The van der Waals surface area contributed by atoms with Crippen LogP contribution < -0.4 is 4.90 Å². The SMILES string of the molecule is CN(C)c1ccc(-c2nnc3sc(-c4ccc(Cl)c(Cl)c4)nn23)cc1. The minimum Gasteiger partial charge on any atom is -0.378 e. The predicted molar refractivity (Wildman–Crippen MR) is 104 cm³/mol. The van der Waals surface area contributed by atoms with Crippen LogP contribution in [0.5, 0.6) is 0 Å². The van der Waals surface area contributed by atoms with Crippen LogP contribution >= 0.6 is 34.5 Å². The molecule has 0 saturated carbocycles. The van der Waals surface area contributed by atoms with Gasteiger partial charge >= 0.3 is 0 Å². The van der Waals surface area contributed by atoms with Gasteiger partial charge in [-0.05, 0) is 36.4 Å². The highest BCUT2D eigenvalue weighted by Crippen LogP contribution is 2.32. The second kappa shape index (κ2) is 6.29. The van der Waals surface area contributed by atoms with Crippen LogP contribution in [0.2, 0.25) is 10.0 Å². The molecule has 0 saturated heterocycles. The molecule has 0 aliphatic rings. The number of fused-ring (bicyclic) bond motifs is 1. The lowest BCUT2D eigenvalue weighted by atomic mass is 10.2. The van der Waals surface area contributed by atoms with Gasteiger partial charge in [0.25, 0.3) is 0 Å². The molecule has 0 atom stereocenters. The van der Waals surface area contributed by atoms with E-state index in [0.717, 1.165) is 26.8 Å². The lowest BCUT2D eigenvalue weighted by Gasteiger charge is -2.11. The number of anilines is 1. The zero-order valence-corrected chi connectivity index (χ0v) is 15.8. The second-order valence-corrected chi connectivity index (χ2v) is 7.47. The van der Waals surface area contributed by atoms with Crippen LogP contribution in [0.25, 0.3) is 26.9 Å². The van der Waals surface area contributed by atoms with Gasteiger partial charge in [-0.1, -0.05) is 40.6 Å². The zero-order valence-electron chi connectivity index (χ0n) is 13.4. The van der Waals surface area contributed by atoms with Gasteiger partial charge in [0.2, 0.25) is 4.96 Å². The first-order valence-corrected chi connectivity index (χ1v) is 9.05. The summed E-state index contributed by atoms with van der Waals surface area (Å²) >= 11 is 13.6. The number of aromatic nitrogens is 4. The lowest BCUT2D eigenvalue weighted by Crippen LogP contribution is -2.08. The van der Waals surface area contributed by atoms with Gasteiger partial charge in [0.15, 0.2) is 5.82 Å². The minimum atomic E-state index is 0.504. The Morgan fingerprint density at radius 2 is 1.64 bits per heavy atom. The fraction of sp³-hybridized carbons (Fsp3) is 0.118. The molecule has 0 aliphatic heterocycles. The molecule has 25 heavy (non-hydrogen) atoms. The minimum absolute atomic E-state index is 0.504. The maximum absolute atomic E-state index is 6.11. The Labute approximate surface area is 158 Å². The number of rotatable bonds is 3. The zero-order chi connectivity index (χ0) is 17.6. The summed E-state index contributed by atoms with van der Waals surface area (Å²) in [5.41, 5.74) is 2.99. The Bertz CT molecular complexity index is 1050. The van der Waals surface area contributed by atoms with Crippen LogP contribution in [0.15, 0.2) is 42.5 Å². The average Bonchev–Trinajstić information content (AvgIpc) is 3.18. The summed E-state index contributed by atoms with van der Waals surface area (Å²) in [5, 5.41) is 15.0. The topological polar surface area (TPSA) is 46.3 Å². The molecular weight excluding hydrogens is 377 g/mol. The van der Waals surface area contributed by atoms with Gasteiger partial charge in [0.05, 0.1) is 10.0 Å². The first-order chi connectivity index (χ1) is 12.0. The lowest BCUT2D eigenvalue weighted by molar-refractivity contribution is 0.970. The van der Waals surface area contributed by atoms with Crippen LogP contribution in [0.1, 0.15) is 0 Å². The number of halogens is 2. The molecular formula is C17H13Cl2N5S. The molecule has 8 heteroatoms. The van der Waals surface area contributed by atoms with Crippen LogP contribution in [-0.2, 0) is 0 Å². The molecule has 0 N–H and O–H groups in total. The van der Waals surface area contributed by atoms with Gasteiger partial charge in [-0.25, -0.2) is 0 Å². The summed E-state index contributed by atoms with van der Waals surface area (Å²) in [5.74, 6) is 0.711. The van der Waals surface area contributed by atoms with Crippen molar-refractivity contribution in [1.82, 2.24) is 19.8 Å². The van der Waals surface area contributed by atoms with Crippen molar-refractivity contribution >= 4 is 45.2 Å². The van der Waals surface area contributed by atoms with Crippen molar-refractivity contribution in [2.75, 3.05) is 19.0 Å². The Kier molecular flexibility index (Phi) is 4.11.